The van der Waals surface area contributed by atoms with Gasteiger partial charge in [-0.05, 0) is 96.7 Å². The van der Waals surface area contributed by atoms with Crippen LogP contribution in [0, 0.1) is 50.7 Å². The van der Waals surface area contributed by atoms with Crippen molar-refractivity contribution >= 4 is 5.78 Å². The molecule has 0 aromatic heterocycles. The van der Waals surface area contributed by atoms with Crippen molar-refractivity contribution in [1.29, 1.82) is 0 Å². The normalized spacial score (nSPS) is 56.9. The molecule has 0 amide bonds. The summed E-state index contributed by atoms with van der Waals surface area (Å²) in [5, 5.41) is 126. The summed E-state index contributed by atoms with van der Waals surface area (Å²) in [4.78, 5) is 14.6. The van der Waals surface area contributed by atoms with E-state index in [0.29, 0.717) is 12.8 Å². The number of aliphatic hydroxyl groups excluding tert-OH is 12. The monoisotopic (exact) mass is 975 g/mol. The topological polar surface area (TPSA) is 324 Å². The van der Waals surface area contributed by atoms with Crippen LogP contribution >= 0.6 is 0 Å². The Labute approximate surface area is 396 Å². The predicted molar refractivity (Wildman–Crippen MR) is 231 cm³/mol. The molecule has 0 aromatic rings. The van der Waals surface area contributed by atoms with E-state index in [4.69, 9.17) is 33.2 Å². The molecule has 0 unspecified atom stereocenters. The van der Waals surface area contributed by atoms with E-state index >= 15 is 0 Å². The molecule has 5 aliphatic carbocycles. The zero-order chi connectivity index (χ0) is 49.4. The third-order valence-electron chi connectivity index (χ3n) is 20.2. The van der Waals surface area contributed by atoms with Crippen LogP contribution in [0.3, 0.4) is 0 Å². The minimum atomic E-state index is -1.78. The first-order valence-electron chi connectivity index (χ1n) is 24.9. The largest absolute Gasteiger partial charge is 0.394 e. The van der Waals surface area contributed by atoms with Crippen molar-refractivity contribution in [3.05, 3.63) is 0 Å². The number of aliphatic hydroxyl groups is 12. The van der Waals surface area contributed by atoms with E-state index in [-0.39, 0.29) is 64.1 Å². The molecule has 5 saturated carbocycles. The van der Waals surface area contributed by atoms with Gasteiger partial charge in [-0.2, -0.15) is 0 Å². The van der Waals surface area contributed by atoms with E-state index in [1.807, 2.05) is 6.92 Å². The first kappa shape index (κ1) is 51.8. The van der Waals surface area contributed by atoms with E-state index < -0.39 is 141 Å². The lowest BCUT2D eigenvalue weighted by Gasteiger charge is -2.63. The number of hydrogen-bond acceptors (Lipinski definition) is 20. The second-order valence-corrected chi connectivity index (χ2v) is 23.7. The van der Waals surface area contributed by atoms with Crippen molar-refractivity contribution in [1.82, 2.24) is 0 Å². The van der Waals surface area contributed by atoms with Crippen molar-refractivity contribution in [2.75, 3.05) is 26.4 Å². The highest BCUT2D eigenvalue weighted by molar-refractivity contribution is 5.86. The molecule has 12 N–H and O–H groups in total. The Morgan fingerprint density at radius 3 is 1.78 bits per heavy atom. The number of hydrogen-bond donors (Lipinski definition) is 12. The summed E-state index contributed by atoms with van der Waals surface area (Å²) in [7, 11) is 0. The van der Waals surface area contributed by atoms with Gasteiger partial charge >= 0.3 is 0 Å². The van der Waals surface area contributed by atoms with Gasteiger partial charge in [0.2, 0.25) is 0 Å². The lowest BCUT2D eigenvalue weighted by atomic mass is 9.41. The molecule has 4 heterocycles. The van der Waals surface area contributed by atoms with Crippen molar-refractivity contribution in [3.63, 3.8) is 0 Å². The highest BCUT2D eigenvalue weighted by Gasteiger charge is 2.83. The zero-order valence-electron chi connectivity index (χ0n) is 40.0. The third kappa shape index (κ3) is 7.59. The minimum absolute atomic E-state index is 0.000792. The van der Waals surface area contributed by atoms with E-state index in [9.17, 15) is 66.1 Å². The van der Waals surface area contributed by atoms with E-state index in [2.05, 4.69) is 27.7 Å². The summed E-state index contributed by atoms with van der Waals surface area (Å²) >= 11 is 0. The molecular formula is C48H78O20. The molecule has 9 rings (SSSR count). The highest BCUT2D eigenvalue weighted by atomic mass is 16.8. The van der Waals surface area contributed by atoms with Crippen LogP contribution in [0.25, 0.3) is 0 Å². The minimum Gasteiger partial charge on any atom is -0.394 e. The van der Waals surface area contributed by atoms with Gasteiger partial charge in [0.25, 0.3) is 0 Å². The van der Waals surface area contributed by atoms with Gasteiger partial charge < -0.3 is 94.4 Å². The van der Waals surface area contributed by atoms with Crippen LogP contribution in [0.1, 0.15) is 99.3 Å². The molecule has 0 radical (unpaired) electrons. The van der Waals surface area contributed by atoms with Crippen LogP contribution < -0.4 is 0 Å². The number of rotatable bonds is 12. The van der Waals surface area contributed by atoms with Gasteiger partial charge in [0.15, 0.2) is 18.9 Å². The molecular weight excluding hydrogens is 897 g/mol. The van der Waals surface area contributed by atoms with E-state index in [1.165, 1.54) is 0 Å². The molecule has 68 heavy (non-hydrogen) atoms. The Hall–Kier alpha value is -1.09. The molecule has 0 aromatic carbocycles. The number of carbonyl (C=O) groups is 1. The molecule has 20 heteroatoms. The number of ketones is 1. The quantitative estimate of drug-likeness (QED) is 0.0939. The molecule has 4 saturated heterocycles. The molecule has 9 fully saturated rings. The zero-order valence-corrected chi connectivity index (χ0v) is 40.0. The fourth-order valence-corrected chi connectivity index (χ4v) is 16.2. The fourth-order valence-electron chi connectivity index (χ4n) is 16.2. The van der Waals surface area contributed by atoms with E-state index in [0.717, 1.165) is 38.5 Å². The van der Waals surface area contributed by atoms with Crippen LogP contribution in [-0.4, -0.2) is 210 Å². The molecule has 9 aliphatic rings. The molecule has 27 atom stereocenters. The molecule has 20 nitrogen and oxygen atoms in total. The summed E-state index contributed by atoms with van der Waals surface area (Å²) in [5.41, 5.74) is -2.32. The number of fused-ring (bicyclic) bond motifs is 2. The molecule has 4 aliphatic heterocycles. The summed E-state index contributed by atoms with van der Waals surface area (Å²) < 4.78 is 42.4. The molecule has 0 bridgehead atoms. The van der Waals surface area contributed by atoms with Crippen LogP contribution in [0.15, 0.2) is 0 Å². The maximum atomic E-state index is 14.6. The van der Waals surface area contributed by atoms with Crippen molar-refractivity contribution in [2.45, 2.75) is 215 Å². The van der Waals surface area contributed by atoms with Crippen LogP contribution in [0.2, 0.25) is 0 Å². The summed E-state index contributed by atoms with van der Waals surface area (Å²) in [6, 6.07) is 0. The van der Waals surface area contributed by atoms with Gasteiger partial charge in [-0.1, -0.05) is 34.6 Å². The SMILES string of the molecule is C[C@@H]([C@H]1C(=O)C[C@@]2(C)[C@@H]3CC[C@H]4C(C)(C)[C@@H](O[C@@H]5O[C@H](CO)[C@@H](O)[C@H](O)[C@H]5O[C@@H]5O[C@H](CO)[C@@H](O)[C@H](O)[C@H]5O)CC[C@@]45C[C@@]35CC[C@]12C)[C@H]1C[C@H](O)[C@](C)(CO[C@@H]2O[C@H](CO)[C@@H](O)[C@H](O)[C@H]2O)O1. The smallest absolute Gasteiger partial charge is 0.187 e. The Kier molecular flexibility index (Phi) is 13.8. The van der Waals surface area contributed by atoms with Crippen LogP contribution in [-0.2, 0) is 38.0 Å². The first-order chi connectivity index (χ1) is 31.9. The van der Waals surface area contributed by atoms with Crippen LogP contribution in [0.5, 0.6) is 0 Å². The van der Waals surface area contributed by atoms with Gasteiger partial charge in [0.1, 0.15) is 84.6 Å². The lowest BCUT2D eigenvalue weighted by molar-refractivity contribution is -0.377. The fraction of sp³-hybridized carbons (Fsp3) is 0.979. The average Bonchev–Trinajstić information content (AvgIpc) is 3.79. The molecule has 390 valence electrons. The lowest BCUT2D eigenvalue weighted by Crippen LogP contribution is -2.65. The van der Waals surface area contributed by atoms with E-state index in [1.54, 1.807) is 6.92 Å². The summed E-state index contributed by atoms with van der Waals surface area (Å²) in [6.07, 6.45) is -17.8. The first-order valence-corrected chi connectivity index (χ1v) is 24.9. The Morgan fingerprint density at radius 2 is 1.16 bits per heavy atom. The Morgan fingerprint density at radius 1 is 0.618 bits per heavy atom. The number of ether oxygens (including phenoxy) is 7. The van der Waals surface area contributed by atoms with Crippen molar-refractivity contribution in [3.8, 4) is 0 Å². The predicted octanol–water partition coefficient (Wildman–Crippen LogP) is -2.03. The second kappa shape index (κ2) is 18.1. The van der Waals surface area contributed by atoms with Gasteiger partial charge in [0, 0.05) is 18.8 Å². The molecule has 2 spiro atoms. The maximum absolute atomic E-state index is 14.6. The summed E-state index contributed by atoms with van der Waals surface area (Å²) in [5.74, 6) is 0.141. The van der Waals surface area contributed by atoms with Gasteiger partial charge in [0.05, 0.1) is 44.7 Å². The van der Waals surface area contributed by atoms with Crippen molar-refractivity contribution in [2.24, 2.45) is 50.7 Å². The van der Waals surface area contributed by atoms with Crippen LogP contribution in [0.4, 0.5) is 0 Å². The Bertz CT molecular complexity index is 1840. The maximum Gasteiger partial charge on any atom is 0.187 e. The van der Waals surface area contributed by atoms with Gasteiger partial charge in [-0.25, -0.2) is 0 Å². The number of carbonyl (C=O) groups excluding carboxylic acids is 1. The highest BCUT2D eigenvalue weighted by Crippen LogP contribution is 2.89. The number of Topliss-reactive ketones (excluding diaryl/α,β-unsaturated/α-hetero) is 1. The van der Waals surface area contributed by atoms with Crippen molar-refractivity contribution < 1.29 is 99.2 Å². The van der Waals surface area contributed by atoms with Gasteiger partial charge in [-0.3, -0.25) is 4.79 Å². The third-order valence-corrected chi connectivity index (χ3v) is 20.2. The average molecular weight is 975 g/mol. The standard InChI is InChI=1S/C48H78O20/c1-20(22-13-28(53)46(6,68-22)19-62-40-37(60)34(57)31(54)23(15-49)63-40)30-21(52)14-45(5)27-8-7-26-43(2,3)29(9-10-47(26)18-48(27,47)12-11-44(30,45)4)66-42-39(36(59)33(56)25(17-51)65-42)67-41-38(61)35(58)32(55)24(16-50)64-41/h20,22-42,49-51,53-61H,7-19H2,1-6H3/t20-,22-,23-,24-,25-,26+,27+,28+,29+,30+,31-,32-,33-,34+,35+,36+,37-,38-,39-,40-,41+,42+,44-,45+,46+,47-,48+/m1/s1. The second-order valence-electron chi connectivity index (χ2n) is 23.7. The Balaban J connectivity index is 0.885. The summed E-state index contributed by atoms with van der Waals surface area (Å²) in [6.45, 7) is 10.6. The van der Waals surface area contributed by atoms with Gasteiger partial charge in [-0.15, -0.1) is 0 Å².